The van der Waals surface area contributed by atoms with Gasteiger partial charge in [-0.2, -0.15) is 0 Å². The lowest BCUT2D eigenvalue weighted by Gasteiger charge is -2.28. The van der Waals surface area contributed by atoms with Crippen molar-refractivity contribution in [2.24, 2.45) is 0 Å². The summed E-state index contributed by atoms with van der Waals surface area (Å²) in [6.07, 6.45) is 1.99. The molecule has 1 heterocycles. The first-order chi connectivity index (χ1) is 10.3. The van der Waals surface area contributed by atoms with Crippen molar-refractivity contribution in [3.63, 3.8) is 0 Å². The maximum atomic E-state index is 12.8. The zero-order valence-electron chi connectivity index (χ0n) is 13.3. The monoisotopic (exact) mass is 323 g/mol. The van der Waals surface area contributed by atoms with Crippen LogP contribution in [0, 0.1) is 0 Å². The molecule has 1 aromatic rings. The molecule has 0 amide bonds. The maximum absolute atomic E-state index is 12.8. The van der Waals surface area contributed by atoms with Crippen molar-refractivity contribution in [1.82, 2.24) is 4.90 Å². The van der Waals surface area contributed by atoms with E-state index in [1.807, 2.05) is 4.90 Å². The first-order valence-corrected chi connectivity index (χ1v) is 7.92. The highest BCUT2D eigenvalue weighted by Crippen LogP contribution is 2.20. The van der Waals surface area contributed by atoms with E-state index >= 15 is 0 Å². The topological polar surface area (TPSA) is 46.6 Å². The van der Waals surface area contributed by atoms with E-state index in [9.17, 15) is 9.59 Å². The lowest BCUT2D eigenvalue weighted by atomic mass is 10.0. The molecule has 0 saturated carbocycles. The predicted molar refractivity (Wildman–Crippen MR) is 86.2 cm³/mol. The van der Waals surface area contributed by atoms with E-state index < -0.39 is 17.6 Å². The number of nitrogens with zero attached hydrogens (tertiary/aromatic N) is 1. The summed E-state index contributed by atoms with van der Waals surface area (Å²) in [4.78, 5) is 27.2. The van der Waals surface area contributed by atoms with E-state index in [1.54, 1.807) is 45.0 Å². The number of carbonyl (C=O) groups excluding carboxylic acids is 2. The third-order valence-electron chi connectivity index (χ3n) is 3.51. The summed E-state index contributed by atoms with van der Waals surface area (Å²) in [7, 11) is 0. The van der Waals surface area contributed by atoms with Crippen LogP contribution < -0.4 is 0 Å². The van der Waals surface area contributed by atoms with Gasteiger partial charge in [-0.05, 0) is 71.0 Å². The number of hydrogen-bond acceptors (Lipinski definition) is 4. The fraction of sp³-hybridized carbons (Fsp3) is 0.529. The minimum Gasteiger partial charge on any atom is -0.458 e. The number of benzene rings is 1. The second-order valence-electron chi connectivity index (χ2n) is 6.55. The Morgan fingerprint density at radius 1 is 1.14 bits per heavy atom. The van der Waals surface area contributed by atoms with Crippen molar-refractivity contribution < 1.29 is 14.3 Å². The van der Waals surface area contributed by atoms with Gasteiger partial charge in [-0.15, -0.1) is 0 Å². The molecule has 0 aromatic heterocycles. The lowest BCUT2D eigenvalue weighted by molar-refractivity contribution is -0.158. The van der Waals surface area contributed by atoms with Crippen molar-refractivity contribution in [1.29, 1.82) is 0 Å². The summed E-state index contributed by atoms with van der Waals surface area (Å²) in [5.74, 6) is -0.706. The molecule has 0 bridgehead atoms. The molecule has 1 aliphatic heterocycles. The van der Waals surface area contributed by atoms with Crippen LogP contribution in [0.15, 0.2) is 24.3 Å². The molecule has 1 aliphatic rings. The molecule has 1 fully saturated rings. The Morgan fingerprint density at radius 2 is 1.68 bits per heavy atom. The Balaban J connectivity index is 2.25. The SMILES string of the molecule is CC(C)(C)OC(=O)C(C(=O)c1ccc(Cl)cc1)N1CCCC1. The van der Waals surface area contributed by atoms with Crippen LogP contribution in [-0.2, 0) is 9.53 Å². The van der Waals surface area contributed by atoms with Crippen molar-refractivity contribution in [2.45, 2.75) is 45.3 Å². The second kappa shape index (κ2) is 6.80. The van der Waals surface area contributed by atoms with Crippen LogP contribution in [0.25, 0.3) is 0 Å². The quantitative estimate of drug-likeness (QED) is 0.484. The lowest BCUT2D eigenvalue weighted by Crippen LogP contribution is -2.48. The first-order valence-electron chi connectivity index (χ1n) is 7.54. The Hall–Kier alpha value is -1.39. The number of likely N-dealkylation sites (tertiary alicyclic amines) is 1. The summed E-state index contributed by atoms with van der Waals surface area (Å²) in [5, 5.41) is 0.562. The average molecular weight is 324 g/mol. The van der Waals surface area contributed by atoms with Gasteiger partial charge >= 0.3 is 5.97 Å². The van der Waals surface area contributed by atoms with Gasteiger partial charge in [0.05, 0.1) is 0 Å². The van der Waals surface area contributed by atoms with E-state index in [0.29, 0.717) is 10.6 Å². The summed E-state index contributed by atoms with van der Waals surface area (Å²) in [6, 6.07) is 5.74. The number of ether oxygens (including phenoxy) is 1. The van der Waals surface area contributed by atoms with Gasteiger partial charge in [-0.1, -0.05) is 11.6 Å². The highest BCUT2D eigenvalue weighted by molar-refractivity contribution is 6.30. The number of halogens is 1. The zero-order valence-corrected chi connectivity index (χ0v) is 14.0. The number of Topliss-reactive ketones (excluding diaryl/α,β-unsaturated/α-hetero) is 1. The summed E-state index contributed by atoms with van der Waals surface area (Å²) in [5.41, 5.74) is -0.137. The van der Waals surface area contributed by atoms with Gasteiger partial charge in [0.25, 0.3) is 0 Å². The van der Waals surface area contributed by atoms with Gasteiger partial charge in [0, 0.05) is 10.6 Å². The molecule has 0 spiro atoms. The average Bonchev–Trinajstić information content (AvgIpc) is 2.91. The Kier molecular flexibility index (Phi) is 5.24. The van der Waals surface area contributed by atoms with E-state index in [1.165, 1.54) is 0 Å². The molecular formula is C17H22ClNO3. The standard InChI is InChI=1S/C17H22ClNO3/c1-17(2,3)22-16(21)14(19-10-4-5-11-19)15(20)12-6-8-13(18)9-7-12/h6-9,14H,4-5,10-11H2,1-3H3. The maximum Gasteiger partial charge on any atom is 0.332 e. The molecule has 0 N–H and O–H groups in total. The minimum atomic E-state index is -0.872. The van der Waals surface area contributed by atoms with Gasteiger partial charge in [0.1, 0.15) is 5.60 Å². The molecule has 120 valence electrons. The molecule has 1 aromatic carbocycles. The predicted octanol–water partition coefficient (Wildman–Crippen LogP) is 3.33. The van der Waals surface area contributed by atoms with E-state index in [4.69, 9.17) is 16.3 Å². The van der Waals surface area contributed by atoms with Gasteiger partial charge in [-0.25, -0.2) is 4.79 Å². The Morgan fingerprint density at radius 3 is 2.18 bits per heavy atom. The largest absolute Gasteiger partial charge is 0.458 e. The van der Waals surface area contributed by atoms with E-state index in [-0.39, 0.29) is 5.78 Å². The van der Waals surface area contributed by atoms with Gasteiger partial charge in [-0.3, -0.25) is 9.69 Å². The van der Waals surface area contributed by atoms with Crippen LogP contribution in [0.5, 0.6) is 0 Å². The molecule has 1 atom stereocenters. The number of carbonyl (C=O) groups is 2. The summed E-state index contributed by atoms with van der Waals surface area (Å²) < 4.78 is 5.45. The number of esters is 1. The van der Waals surface area contributed by atoms with Crippen LogP contribution in [-0.4, -0.2) is 41.4 Å². The molecular weight excluding hydrogens is 302 g/mol. The van der Waals surface area contributed by atoms with Crippen molar-refractivity contribution >= 4 is 23.4 Å². The van der Waals surface area contributed by atoms with Gasteiger partial charge in [0.15, 0.2) is 11.8 Å². The summed E-state index contributed by atoms with van der Waals surface area (Å²) >= 11 is 5.86. The molecule has 5 heteroatoms. The van der Waals surface area contributed by atoms with Crippen molar-refractivity contribution in [2.75, 3.05) is 13.1 Å². The molecule has 2 rings (SSSR count). The van der Waals surface area contributed by atoms with Gasteiger partial charge < -0.3 is 4.74 Å². The molecule has 4 nitrogen and oxygen atoms in total. The minimum absolute atomic E-state index is 0.229. The van der Waals surface area contributed by atoms with Gasteiger partial charge in [0.2, 0.25) is 0 Å². The van der Waals surface area contributed by atoms with Crippen LogP contribution in [0.1, 0.15) is 44.0 Å². The Bertz CT molecular complexity index is 542. The van der Waals surface area contributed by atoms with E-state index in [2.05, 4.69) is 0 Å². The van der Waals surface area contributed by atoms with Crippen molar-refractivity contribution in [3.8, 4) is 0 Å². The number of rotatable bonds is 4. The second-order valence-corrected chi connectivity index (χ2v) is 6.99. The smallest absolute Gasteiger partial charge is 0.332 e. The molecule has 1 unspecified atom stereocenters. The normalized spacial score (nSPS) is 17.3. The third-order valence-corrected chi connectivity index (χ3v) is 3.76. The molecule has 0 aliphatic carbocycles. The summed E-state index contributed by atoms with van der Waals surface area (Å²) in [6.45, 7) is 6.89. The van der Waals surface area contributed by atoms with Crippen LogP contribution in [0.4, 0.5) is 0 Å². The van der Waals surface area contributed by atoms with Crippen LogP contribution >= 0.6 is 11.6 Å². The third kappa shape index (κ3) is 4.31. The number of ketones is 1. The van der Waals surface area contributed by atoms with E-state index in [0.717, 1.165) is 25.9 Å². The molecule has 0 radical (unpaired) electrons. The van der Waals surface area contributed by atoms with Crippen molar-refractivity contribution in [3.05, 3.63) is 34.9 Å². The fourth-order valence-corrected chi connectivity index (χ4v) is 2.68. The molecule has 1 saturated heterocycles. The zero-order chi connectivity index (χ0) is 16.3. The fourth-order valence-electron chi connectivity index (χ4n) is 2.55. The Labute approximate surface area is 136 Å². The highest BCUT2D eigenvalue weighted by Gasteiger charge is 2.37. The number of hydrogen-bond donors (Lipinski definition) is 0. The highest BCUT2D eigenvalue weighted by atomic mass is 35.5. The van der Waals surface area contributed by atoms with Crippen LogP contribution in [0.3, 0.4) is 0 Å². The first kappa shape index (κ1) is 17.0. The van der Waals surface area contributed by atoms with Crippen LogP contribution in [0.2, 0.25) is 5.02 Å². The molecule has 22 heavy (non-hydrogen) atoms.